The van der Waals surface area contributed by atoms with Crippen molar-refractivity contribution >= 4 is 0 Å². The number of rotatable bonds is 9. The Balaban J connectivity index is 1.60. The summed E-state index contributed by atoms with van der Waals surface area (Å²) in [5.41, 5.74) is 1.61. The molecule has 0 unspecified atom stereocenters. The lowest BCUT2D eigenvalue weighted by molar-refractivity contribution is 0.276. The van der Waals surface area contributed by atoms with Gasteiger partial charge in [0.15, 0.2) is 11.5 Å². The van der Waals surface area contributed by atoms with Crippen LogP contribution in [0.4, 0.5) is 0 Å². The number of nitrogens with one attached hydrogen (secondary N) is 1. The van der Waals surface area contributed by atoms with Gasteiger partial charge >= 0.3 is 0 Å². The van der Waals surface area contributed by atoms with E-state index in [4.69, 9.17) is 9.47 Å². The fourth-order valence-electron chi connectivity index (χ4n) is 2.42. The number of para-hydroxylation sites is 2. The van der Waals surface area contributed by atoms with Gasteiger partial charge in [0, 0.05) is 6.54 Å². The summed E-state index contributed by atoms with van der Waals surface area (Å²) in [6.45, 7) is 5.23. The molecule has 0 radical (unpaired) electrons. The molecule has 0 amide bonds. The van der Waals surface area contributed by atoms with Crippen LogP contribution in [-0.2, 0) is 0 Å². The zero-order chi connectivity index (χ0) is 14.0. The highest BCUT2D eigenvalue weighted by Gasteiger charge is 2.04. The number of benzene rings is 1. The average molecular weight is 275 g/mol. The van der Waals surface area contributed by atoms with Crippen LogP contribution < -0.4 is 14.8 Å². The Morgan fingerprint density at radius 1 is 1.10 bits per heavy atom. The van der Waals surface area contributed by atoms with Crippen molar-refractivity contribution in [3.8, 4) is 11.5 Å². The first-order valence-corrected chi connectivity index (χ1v) is 7.63. The van der Waals surface area contributed by atoms with Gasteiger partial charge in [-0.05, 0) is 51.3 Å². The van der Waals surface area contributed by atoms with E-state index in [-0.39, 0.29) is 0 Å². The molecule has 20 heavy (non-hydrogen) atoms. The molecule has 0 saturated carbocycles. The van der Waals surface area contributed by atoms with Crippen molar-refractivity contribution in [3.05, 3.63) is 35.9 Å². The summed E-state index contributed by atoms with van der Waals surface area (Å²) in [6.07, 6.45) is 7.46. The third-order valence-corrected chi connectivity index (χ3v) is 3.44. The van der Waals surface area contributed by atoms with Gasteiger partial charge in [-0.3, -0.25) is 0 Å². The largest absolute Gasteiger partial charge is 0.490 e. The Labute approximate surface area is 122 Å². The van der Waals surface area contributed by atoms with Gasteiger partial charge in [-0.1, -0.05) is 23.8 Å². The summed E-state index contributed by atoms with van der Waals surface area (Å²) >= 11 is 0. The van der Waals surface area contributed by atoms with Crippen LogP contribution in [0.1, 0.15) is 32.6 Å². The van der Waals surface area contributed by atoms with Crippen LogP contribution >= 0.6 is 0 Å². The van der Waals surface area contributed by atoms with E-state index < -0.39 is 0 Å². The summed E-state index contributed by atoms with van der Waals surface area (Å²) in [4.78, 5) is 0. The molecule has 1 N–H and O–H groups in total. The molecule has 0 saturated heterocycles. The van der Waals surface area contributed by atoms with Crippen LogP contribution in [0, 0.1) is 0 Å². The second kappa shape index (κ2) is 8.64. The second-order valence-electron chi connectivity index (χ2n) is 4.98. The monoisotopic (exact) mass is 275 g/mol. The van der Waals surface area contributed by atoms with Gasteiger partial charge < -0.3 is 14.8 Å². The maximum absolute atomic E-state index is 5.76. The summed E-state index contributed by atoms with van der Waals surface area (Å²) < 4.78 is 11.3. The molecule has 0 heterocycles. The zero-order valence-electron chi connectivity index (χ0n) is 12.4. The molecule has 0 atom stereocenters. The van der Waals surface area contributed by atoms with E-state index in [0.717, 1.165) is 24.6 Å². The Morgan fingerprint density at radius 3 is 2.60 bits per heavy atom. The van der Waals surface area contributed by atoms with Gasteiger partial charge in [0.1, 0.15) is 6.61 Å². The van der Waals surface area contributed by atoms with Crippen molar-refractivity contribution < 1.29 is 9.47 Å². The van der Waals surface area contributed by atoms with Crippen molar-refractivity contribution in [3.63, 3.8) is 0 Å². The summed E-state index contributed by atoms with van der Waals surface area (Å²) in [6, 6.07) is 7.83. The van der Waals surface area contributed by atoms with E-state index in [1.165, 1.54) is 25.7 Å². The Kier molecular flexibility index (Phi) is 6.45. The smallest absolute Gasteiger partial charge is 0.161 e. The van der Waals surface area contributed by atoms with Gasteiger partial charge in [-0.25, -0.2) is 0 Å². The third kappa shape index (κ3) is 4.89. The SMILES string of the molecule is CCOc1ccccc1OCCNCCC1=CCCC1. The van der Waals surface area contributed by atoms with Crippen LogP contribution in [0.2, 0.25) is 0 Å². The van der Waals surface area contributed by atoms with Crippen LogP contribution in [0.25, 0.3) is 0 Å². The van der Waals surface area contributed by atoms with Crippen LogP contribution in [-0.4, -0.2) is 26.3 Å². The number of hydrogen-bond donors (Lipinski definition) is 1. The Bertz CT molecular complexity index is 429. The fraction of sp³-hybridized carbons (Fsp3) is 0.529. The van der Waals surface area contributed by atoms with E-state index in [1.54, 1.807) is 5.57 Å². The molecular weight excluding hydrogens is 250 g/mol. The molecule has 0 spiro atoms. The van der Waals surface area contributed by atoms with Crippen molar-refractivity contribution in [1.82, 2.24) is 5.32 Å². The Hall–Kier alpha value is -1.48. The summed E-state index contributed by atoms with van der Waals surface area (Å²) in [5, 5.41) is 3.43. The minimum atomic E-state index is 0.660. The third-order valence-electron chi connectivity index (χ3n) is 3.44. The standard InChI is InChI=1S/C17H25NO2/c1-2-19-16-9-5-6-10-17(16)20-14-13-18-12-11-15-7-3-4-8-15/h5-7,9-10,18H,2-4,8,11-14H2,1H3. The van der Waals surface area contributed by atoms with Crippen molar-refractivity contribution in [2.45, 2.75) is 32.6 Å². The van der Waals surface area contributed by atoms with Crippen LogP contribution in [0.5, 0.6) is 11.5 Å². The Morgan fingerprint density at radius 2 is 1.90 bits per heavy atom. The van der Waals surface area contributed by atoms with E-state index in [0.29, 0.717) is 13.2 Å². The maximum atomic E-state index is 5.76. The molecule has 0 bridgehead atoms. The first kappa shape index (κ1) is 14.9. The van der Waals surface area contributed by atoms with Crippen LogP contribution in [0.3, 0.4) is 0 Å². The topological polar surface area (TPSA) is 30.5 Å². The highest BCUT2D eigenvalue weighted by molar-refractivity contribution is 5.39. The summed E-state index contributed by atoms with van der Waals surface area (Å²) in [7, 11) is 0. The molecule has 1 aliphatic carbocycles. The molecule has 0 aromatic heterocycles. The highest BCUT2D eigenvalue weighted by atomic mass is 16.5. The average Bonchev–Trinajstić information content (AvgIpc) is 2.98. The predicted molar refractivity (Wildman–Crippen MR) is 82.5 cm³/mol. The normalized spacial score (nSPS) is 14.2. The molecule has 1 aromatic carbocycles. The fourth-order valence-corrected chi connectivity index (χ4v) is 2.42. The minimum Gasteiger partial charge on any atom is -0.490 e. The van der Waals surface area contributed by atoms with E-state index >= 15 is 0 Å². The number of hydrogen-bond acceptors (Lipinski definition) is 3. The van der Waals surface area contributed by atoms with Crippen molar-refractivity contribution in [2.75, 3.05) is 26.3 Å². The van der Waals surface area contributed by atoms with Crippen molar-refractivity contribution in [1.29, 1.82) is 0 Å². The van der Waals surface area contributed by atoms with Gasteiger partial charge in [0.25, 0.3) is 0 Å². The first-order chi connectivity index (χ1) is 9.90. The predicted octanol–water partition coefficient (Wildman–Crippen LogP) is 3.55. The van der Waals surface area contributed by atoms with Gasteiger partial charge in [-0.15, -0.1) is 0 Å². The second-order valence-corrected chi connectivity index (χ2v) is 4.98. The summed E-state index contributed by atoms with van der Waals surface area (Å²) in [5.74, 6) is 1.65. The molecule has 1 aromatic rings. The molecule has 0 fully saturated rings. The highest BCUT2D eigenvalue weighted by Crippen LogP contribution is 2.26. The van der Waals surface area contributed by atoms with Crippen LogP contribution in [0.15, 0.2) is 35.9 Å². The molecule has 1 aliphatic rings. The minimum absolute atomic E-state index is 0.660. The van der Waals surface area contributed by atoms with E-state index in [9.17, 15) is 0 Å². The number of ether oxygens (including phenoxy) is 2. The molecular formula is C17H25NO2. The molecule has 3 nitrogen and oxygen atoms in total. The zero-order valence-corrected chi connectivity index (χ0v) is 12.4. The van der Waals surface area contributed by atoms with Gasteiger partial charge in [0.2, 0.25) is 0 Å². The lowest BCUT2D eigenvalue weighted by Crippen LogP contribution is -2.22. The molecule has 110 valence electrons. The lowest BCUT2D eigenvalue weighted by Gasteiger charge is -2.12. The maximum Gasteiger partial charge on any atom is 0.161 e. The van der Waals surface area contributed by atoms with E-state index in [1.807, 2.05) is 31.2 Å². The van der Waals surface area contributed by atoms with Crippen molar-refractivity contribution in [2.24, 2.45) is 0 Å². The molecule has 3 heteroatoms. The first-order valence-electron chi connectivity index (χ1n) is 7.63. The van der Waals surface area contributed by atoms with Gasteiger partial charge in [0.05, 0.1) is 6.61 Å². The number of allylic oxidation sites excluding steroid dienone is 1. The quantitative estimate of drug-likeness (QED) is 0.552. The molecule has 0 aliphatic heterocycles. The molecule has 2 rings (SSSR count). The van der Waals surface area contributed by atoms with Gasteiger partial charge in [-0.2, -0.15) is 0 Å². The lowest BCUT2D eigenvalue weighted by atomic mass is 10.2. The van der Waals surface area contributed by atoms with E-state index in [2.05, 4.69) is 11.4 Å².